The van der Waals surface area contributed by atoms with Gasteiger partial charge in [-0.15, -0.1) is 0 Å². The summed E-state index contributed by atoms with van der Waals surface area (Å²) in [7, 11) is -1.82. The largest absolute Gasteiger partial charge is 0.328 e. The second-order valence-electron chi connectivity index (χ2n) is 1.25. The van der Waals surface area contributed by atoms with Crippen LogP contribution in [-0.4, -0.2) is 6.61 Å². The maximum absolute atomic E-state index is 10.5. The van der Waals surface area contributed by atoms with Gasteiger partial charge in [0.15, 0.2) is 0 Å². The van der Waals surface area contributed by atoms with E-state index in [9.17, 15) is 4.57 Å². The molecule has 0 radical (unpaired) electrons. The van der Waals surface area contributed by atoms with Crippen molar-refractivity contribution in [3.05, 3.63) is 11.9 Å². The molecule has 0 heterocycles. The van der Waals surface area contributed by atoms with E-state index in [1.165, 1.54) is 0 Å². The fourth-order valence-corrected chi connectivity index (χ4v) is 0.979. The molecule has 0 N–H and O–H groups in total. The van der Waals surface area contributed by atoms with Gasteiger partial charge in [0.2, 0.25) is 8.03 Å². The summed E-state index contributed by atoms with van der Waals surface area (Å²) in [6, 6.07) is 0. The molecule has 48 valence electrons. The third kappa shape index (κ3) is 4.10. The Balaban J connectivity index is 3.33. The van der Waals surface area contributed by atoms with Crippen LogP contribution in [0.5, 0.6) is 0 Å². The summed E-state index contributed by atoms with van der Waals surface area (Å²) < 4.78 is 15.3. The van der Waals surface area contributed by atoms with Gasteiger partial charge in [0.05, 0.1) is 6.61 Å². The van der Waals surface area contributed by atoms with E-state index in [1.54, 1.807) is 11.9 Å². The molecule has 0 aliphatic carbocycles. The van der Waals surface area contributed by atoms with Crippen molar-refractivity contribution in [2.75, 3.05) is 6.61 Å². The van der Waals surface area contributed by atoms with Crippen molar-refractivity contribution in [1.82, 2.24) is 0 Å². The quantitative estimate of drug-likeness (QED) is 0.552. The smallest absolute Gasteiger partial charge is 0.213 e. The molecule has 0 aliphatic heterocycles. The Morgan fingerprint density at radius 1 is 1.75 bits per heavy atom. The molecule has 2 nitrogen and oxygen atoms in total. The highest BCUT2D eigenvalue weighted by Gasteiger charge is 1.85. The van der Waals surface area contributed by atoms with Crippen molar-refractivity contribution in [1.29, 1.82) is 0 Å². The number of hydrogen-bond acceptors (Lipinski definition) is 2. The van der Waals surface area contributed by atoms with Gasteiger partial charge in [-0.25, -0.2) is 0 Å². The SMILES string of the molecule is CC=C[PH](=O)OCC. The summed E-state index contributed by atoms with van der Waals surface area (Å²) in [5.41, 5.74) is 0. The van der Waals surface area contributed by atoms with Gasteiger partial charge in [-0.2, -0.15) is 0 Å². The normalized spacial score (nSPS) is 14.8. The molecule has 0 bridgehead atoms. The Bertz CT molecular complexity index is 98.6. The standard InChI is InChI=1S/C5H11O2P/c1-3-5-8(6)7-4-2/h3,5,8H,4H2,1-2H3. The van der Waals surface area contributed by atoms with Crippen LogP contribution in [0.25, 0.3) is 0 Å². The Kier molecular flexibility index (Phi) is 5.03. The zero-order valence-electron chi connectivity index (χ0n) is 5.18. The molecule has 0 saturated carbocycles. The summed E-state index contributed by atoms with van der Waals surface area (Å²) in [5.74, 6) is 1.58. The lowest BCUT2D eigenvalue weighted by Crippen LogP contribution is -1.72. The molecule has 0 aromatic carbocycles. The molecule has 1 atom stereocenters. The van der Waals surface area contributed by atoms with Crippen LogP contribution >= 0.6 is 8.03 Å². The third-order valence-corrected chi connectivity index (χ3v) is 1.77. The third-order valence-electron chi connectivity index (χ3n) is 0.589. The molecular weight excluding hydrogens is 123 g/mol. The lowest BCUT2D eigenvalue weighted by molar-refractivity contribution is 0.356. The first-order valence-electron chi connectivity index (χ1n) is 2.60. The van der Waals surface area contributed by atoms with Gasteiger partial charge in [0, 0.05) is 0 Å². The van der Waals surface area contributed by atoms with E-state index in [4.69, 9.17) is 4.52 Å². The molecule has 1 unspecified atom stereocenters. The molecule has 8 heavy (non-hydrogen) atoms. The first-order chi connectivity index (χ1) is 3.81. The predicted octanol–water partition coefficient (Wildman–Crippen LogP) is 2.03. The van der Waals surface area contributed by atoms with Crippen LogP contribution in [0.4, 0.5) is 0 Å². The van der Waals surface area contributed by atoms with Crippen LogP contribution in [0.15, 0.2) is 11.9 Å². The van der Waals surface area contributed by atoms with E-state index in [1.807, 2.05) is 13.8 Å². The predicted molar refractivity (Wildman–Crippen MR) is 35.4 cm³/mol. The maximum atomic E-state index is 10.5. The fourth-order valence-electron chi connectivity index (χ4n) is 0.326. The molecule has 0 aromatic rings. The first kappa shape index (κ1) is 7.93. The van der Waals surface area contributed by atoms with Crippen LogP contribution in [-0.2, 0) is 9.09 Å². The van der Waals surface area contributed by atoms with Crippen LogP contribution in [0.1, 0.15) is 13.8 Å². The minimum absolute atomic E-state index is 0.530. The molecule has 0 aromatic heterocycles. The Morgan fingerprint density at radius 2 is 2.38 bits per heavy atom. The Morgan fingerprint density at radius 3 is 2.75 bits per heavy atom. The highest BCUT2D eigenvalue weighted by molar-refractivity contribution is 7.42. The molecule has 0 fully saturated rings. The highest BCUT2D eigenvalue weighted by Crippen LogP contribution is 2.22. The van der Waals surface area contributed by atoms with Crippen LogP contribution < -0.4 is 0 Å². The molecule has 0 saturated heterocycles. The molecule has 0 amide bonds. The van der Waals surface area contributed by atoms with Gasteiger partial charge in [-0.05, 0) is 19.7 Å². The molecular formula is C5H11O2P. The van der Waals surface area contributed by atoms with Crippen molar-refractivity contribution in [2.45, 2.75) is 13.8 Å². The van der Waals surface area contributed by atoms with Crippen molar-refractivity contribution in [2.24, 2.45) is 0 Å². The second-order valence-corrected chi connectivity index (χ2v) is 2.51. The Labute approximate surface area is 50.4 Å². The molecule has 3 heteroatoms. The summed E-state index contributed by atoms with van der Waals surface area (Å²) in [4.78, 5) is 0. The van der Waals surface area contributed by atoms with Gasteiger partial charge in [0.25, 0.3) is 0 Å². The van der Waals surface area contributed by atoms with Crippen molar-refractivity contribution in [3.63, 3.8) is 0 Å². The average Bonchev–Trinajstić information content (AvgIpc) is 1.68. The van der Waals surface area contributed by atoms with Gasteiger partial charge < -0.3 is 4.52 Å². The van der Waals surface area contributed by atoms with Gasteiger partial charge >= 0.3 is 0 Å². The van der Waals surface area contributed by atoms with Gasteiger partial charge in [-0.3, -0.25) is 4.57 Å². The first-order valence-corrected chi connectivity index (χ1v) is 4.00. The average molecular weight is 134 g/mol. The fraction of sp³-hybridized carbons (Fsp3) is 0.600. The van der Waals surface area contributed by atoms with Crippen LogP contribution in [0, 0.1) is 0 Å². The van der Waals surface area contributed by atoms with Crippen LogP contribution in [0.2, 0.25) is 0 Å². The van der Waals surface area contributed by atoms with Gasteiger partial charge in [-0.1, -0.05) is 6.08 Å². The maximum Gasteiger partial charge on any atom is 0.213 e. The van der Waals surface area contributed by atoms with Gasteiger partial charge in [0.1, 0.15) is 0 Å². The lowest BCUT2D eigenvalue weighted by Gasteiger charge is -1.90. The summed E-state index contributed by atoms with van der Waals surface area (Å²) in [6.45, 7) is 4.18. The number of hydrogen-bond donors (Lipinski definition) is 0. The number of rotatable bonds is 3. The van der Waals surface area contributed by atoms with E-state index in [0.717, 1.165) is 0 Å². The zero-order valence-corrected chi connectivity index (χ0v) is 6.18. The highest BCUT2D eigenvalue weighted by atomic mass is 31.1. The number of allylic oxidation sites excluding steroid dienone is 1. The molecule has 0 aliphatic rings. The van der Waals surface area contributed by atoms with Crippen molar-refractivity contribution in [3.8, 4) is 0 Å². The lowest BCUT2D eigenvalue weighted by atomic mass is 10.8. The van der Waals surface area contributed by atoms with E-state index < -0.39 is 8.03 Å². The van der Waals surface area contributed by atoms with E-state index in [0.29, 0.717) is 6.61 Å². The van der Waals surface area contributed by atoms with Crippen molar-refractivity contribution < 1.29 is 9.09 Å². The topological polar surface area (TPSA) is 26.3 Å². The summed E-state index contributed by atoms with van der Waals surface area (Å²) >= 11 is 0. The van der Waals surface area contributed by atoms with E-state index in [2.05, 4.69) is 0 Å². The summed E-state index contributed by atoms with van der Waals surface area (Å²) in [5, 5.41) is 0. The van der Waals surface area contributed by atoms with E-state index in [-0.39, 0.29) is 0 Å². The zero-order chi connectivity index (χ0) is 6.41. The molecule has 0 rings (SSSR count). The summed E-state index contributed by atoms with van der Waals surface area (Å²) in [6.07, 6.45) is 1.73. The second kappa shape index (κ2) is 5.07. The van der Waals surface area contributed by atoms with E-state index >= 15 is 0 Å². The monoisotopic (exact) mass is 134 g/mol. The minimum atomic E-state index is -1.82. The van der Waals surface area contributed by atoms with Crippen LogP contribution in [0.3, 0.4) is 0 Å². The minimum Gasteiger partial charge on any atom is -0.328 e. The Hall–Kier alpha value is -0.0700. The molecule has 0 spiro atoms. The van der Waals surface area contributed by atoms with Crippen molar-refractivity contribution >= 4 is 8.03 Å².